The summed E-state index contributed by atoms with van der Waals surface area (Å²) in [5, 5.41) is 0. The summed E-state index contributed by atoms with van der Waals surface area (Å²) in [5.74, 6) is 0. The molecule has 0 aliphatic heterocycles. The molecule has 4 heavy (non-hydrogen) atoms. The molecule has 0 aromatic carbocycles. The van der Waals surface area contributed by atoms with E-state index in [9.17, 15) is 0 Å². The van der Waals surface area contributed by atoms with Crippen LogP contribution in [-0.2, 0) is 54.4 Å². The van der Waals surface area contributed by atoms with Crippen LogP contribution in [0.2, 0.25) is 0 Å². The van der Waals surface area contributed by atoms with E-state index < -0.39 is 0 Å². The normalized spacial score (nSPS) is 0. The number of hydrogen-bond donors (Lipinski definition) is 1. The first kappa shape index (κ1) is 40.3. The first-order valence-electron chi connectivity index (χ1n) is 0. The third-order valence-electron chi connectivity index (χ3n) is 0. The SMILES string of the molecule is N.[B].[Ti].[Y]. The van der Waals surface area contributed by atoms with E-state index in [-0.39, 0.29) is 69.0 Å². The zero-order valence-electron chi connectivity index (χ0n) is 2.36. The molecule has 4 radical (unpaired) electrons. The Kier molecular flexibility index (Phi) is 212. The molecule has 0 rings (SSSR count). The average Bonchev–Trinajstić information content (AvgIpc) is 0. The number of rotatable bonds is 0. The second-order valence-corrected chi connectivity index (χ2v) is 0. The zero-order valence-corrected chi connectivity index (χ0v) is 6.76. The molecule has 0 atom stereocenters. The van der Waals surface area contributed by atoms with Crippen molar-refractivity contribution in [3.63, 3.8) is 0 Å². The van der Waals surface area contributed by atoms with E-state index in [0.717, 1.165) is 0 Å². The standard InChI is InChI=1S/B.H3N.Ti.Y/h;1H3;;. The van der Waals surface area contributed by atoms with Gasteiger partial charge in [0.2, 0.25) is 0 Å². The van der Waals surface area contributed by atoms with Crippen molar-refractivity contribution in [2.24, 2.45) is 0 Å². The van der Waals surface area contributed by atoms with Crippen LogP contribution in [0.4, 0.5) is 0 Å². The molecule has 18 valence electrons. The predicted octanol–water partition coefficient (Wildman–Crippen LogP) is -0.224. The van der Waals surface area contributed by atoms with Crippen LogP contribution < -0.4 is 6.15 Å². The van der Waals surface area contributed by atoms with Gasteiger partial charge in [-0.3, -0.25) is 0 Å². The van der Waals surface area contributed by atoms with Crippen LogP contribution in [-0.4, -0.2) is 8.41 Å². The molecule has 0 amide bonds. The van der Waals surface area contributed by atoms with Crippen LogP contribution in [0.25, 0.3) is 0 Å². The van der Waals surface area contributed by atoms with Gasteiger partial charge in [-0.05, 0) is 0 Å². The average molecular weight is 165 g/mol. The largest absolute Gasteiger partial charge is 0.344 e. The van der Waals surface area contributed by atoms with Gasteiger partial charge < -0.3 is 6.15 Å². The monoisotopic (exact) mass is 165 g/mol. The minimum absolute atomic E-state index is 0. The third-order valence-corrected chi connectivity index (χ3v) is 0. The molecule has 4 heteroatoms. The van der Waals surface area contributed by atoms with Crippen LogP contribution in [0.3, 0.4) is 0 Å². The van der Waals surface area contributed by atoms with Crippen molar-refractivity contribution in [1.82, 2.24) is 6.15 Å². The topological polar surface area (TPSA) is 35.0 Å². The van der Waals surface area contributed by atoms with E-state index in [0.29, 0.717) is 0 Å². The first-order chi connectivity index (χ1) is 0. The van der Waals surface area contributed by atoms with Gasteiger partial charge in [0.25, 0.3) is 0 Å². The number of hydrogen-bond acceptors (Lipinski definition) is 1. The smallest absolute Gasteiger partial charge is 0 e. The summed E-state index contributed by atoms with van der Waals surface area (Å²) >= 11 is 0. The Bertz CT molecular complexity index is 8.00. The summed E-state index contributed by atoms with van der Waals surface area (Å²) in [7, 11) is 0. The summed E-state index contributed by atoms with van der Waals surface area (Å²) in [6.45, 7) is 0. The third kappa shape index (κ3) is 9.14. The van der Waals surface area contributed by atoms with E-state index in [1.807, 2.05) is 0 Å². The maximum absolute atomic E-state index is 0. The second-order valence-electron chi connectivity index (χ2n) is 0. The predicted molar refractivity (Wildman–Crippen MR) is 10.8 cm³/mol. The quantitative estimate of drug-likeness (QED) is 0.494. The summed E-state index contributed by atoms with van der Waals surface area (Å²) in [6.07, 6.45) is 0. The van der Waals surface area contributed by atoms with Gasteiger partial charge in [-0.15, -0.1) is 0 Å². The molecular formula is H3BNTiY. The van der Waals surface area contributed by atoms with Gasteiger partial charge in [0.05, 0.1) is 0 Å². The van der Waals surface area contributed by atoms with Crippen molar-refractivity contribution in [3.8, 4) is 0 Å². The molecule has 0 saturated carbocycles. The molecule has 0 bridgehead atoms. The Morgan fingerprint density at radius 2 is 1.00 bits per heavy atom. The van der Waals surface area contributed by atoms with Gasteiger partial charge in [-0.25, -0.2) is 0 Å². The molecule has 1 nitrogen and oxygen atoms in total. The van der Waals surface area contributed by atoms with E-state index in [2.05, 4.69) is 0 Å². The van der Waals surface area contributed by atoms with Crippen molar-refractivity contribution < 1.29 is 54.4 Å². The van der Waals surface area contributed by atoms with Crippen LogP contribution in [0.5, 0.6) is 0 Å². The van der Waals surface area contributed by atoms with Crippen LogP contribution in [0, 0.1) is 0 Å². The fraction of sp³-hybridized carbons (Fsp3) is 0. The molecule has 0 aromatic heterocycles. The van der Waals surface area contributed by atoms with E-state index >= 15 is 0 Å². The Morgan fingerprint density at radius 3 is 1.00 bits per heavy atom. The van der Waals surface area contributed by atoms with E-state index in [4.69, 9.17) is 0 Å². The summed E-state index contributed by atoms with van der Waals surface area (Å²) in [5.41, 5.74) is 0. The van der Waals surface area contributed by atoms with Crippen LogP contribution >= 0.6 is 0 Å². The molecular weight excluding hydrogens is 162 g/mol. The molecule has 0 aliphatic carbocycles. The molecule has 0 aromatic rings. The van der Waals surface area contributed by atoms with Crippen LogP contribution in [0.1, 0.15) is 0 Å². The van der Waals surface area contributed by atoms with Crippen molar-refractivity contribution >= 4 is 8.41 Å². The minimum atomic E-state index is 0. The molecule has 0 saturated heterocycles. The molecule has 0 aliphatic rings. The molecule has 0 fully saturated rings. The van der Waals surface area contributed by atoms with Gasteiger partial charge in [-0.2, -0.15) is 0 Å². The molecule has 3 N–H and O–H groups in total. The Morgan fingerprint density at radius 1 is 1.00 bits per heavy atom. The maximum atomic E-state index is 0. The Hall–Kier alpha value is 1.84. The van der Waals surface area contributed by atoms with E-state index in [1.165, 1.54) is 0 Å². The van der Waals surface area contributed by atoms with Crippen molar-refractivity contribution in [2.75, 3.05) is 0 Å². The first-order valence-corrected chi connectivity index (χ1v) is 0. The minimum Gasteiger partial charge on any atom is -0.344 e. The summed E-state index contributed by atoms with van der Waals surface area (Å²) < 4.78 is 0. The van der Waals surface area contributed by atoms with Crippen molar-refractivity contribution in [3.05, 3.63) is 0 Å². The van der Waals surface area contributed by atoms with E-state index in [1.54, 1.807) is 0 Å². The Balaban J connectivity index is 0. The Labute approximate surface area is 68.2 Å². The zero-order chi connectivity index (χ0) is 0. The fourth-order valence-corrected chi connectivity index (χ4v) is 0. The maximum Gasteiger partial charge on any atom is 0 e. The van der Waals surface area contributed by atoms with Crippen molar-refractivity contribution in [1.29, 1.82) is 0 Å². The van der Waals surface area contributed by atoms with Crippen LogP contribution in [0.15, 0.2) is 0 Å². The van der Waals surface area contributed by atoms with Gasteiger partial charge >= 0.3 is 0 Å². The van der Waals surface area contributed by atoms with Gasteiger partial charge in [-0.1, -0.05) is 0 Å². The molecule has 0 heterocycles. The summed E-state index contributed by atoms with van der Waals surface area (Å²) in [6, 6.07) is 0. The molecule has 0 spiro atoms. The summed E-state index contributed by atoms with van der Waals surface area (Å²) in [4.78, 5) is 0. The van der Waals surface area contributed by atoms with Gasteiger partial charge in [0.1, 0.15) is 0 Å². The fourth-order valence-electron chi connectivity index (χ4n) is 0. The second kappa shape index (κ2) is 21.1. The van der Waals surface area contributed by atoms with Gasteiger partial charge in [0, 0.05) is 62.8 Å². The molecule has 0 unspecified atom stereocenters. The van der Waals surface area contributed by atoms with Crippen molar-refractivity contribution in [2.45, 2.75) is 0 Å². The van der Waals surface area contributed by atoms with Gasteiger partial charge in [0.15, 0.2) is 0 Å².